The van der Waals surface area contributed by atoms with E-state index in [2.05, 4.69) is 0 Å². The van der Waals surface area contributed by atoms with Gasteiger partial charge in [-0.05, 0) is 12.8 Å². The topological polar surface area (TPSA) is 131 Å². The number of esters is 1. The molecule has 1 rings (SSSR count). The van der Waals surface area contributed by atoms with Gasteiger partial charge in [-0.1, -0.05) is 12.8 Å². The normalized spacial score (nSPS) is 32.0. The summed E-state index contributed by atoms with van der Waals surface area (Å²) < 4.78 is 15.8. The lowest BCUT2D eigenvalue weighted by Crippen LogP contribution is -2.62. The molecule has 1 aliphatic heterocycles. The van der Waals surface area contributed by atoms with Crippen LogP contribution in [0.15, 0.2) is 0 Å². The summed E-state index contributed by atoms with van der Waals surface area (Å²) in [5.41, 5.74) is 5.79. The van der Waals surface area contributed by atoms with Crippen molar-refractivity contribution in [2.75, 3.05) is 19.8 Å². The Morgan fingerprint density at radius 3 is 2.50 bits per heavy atom. The second kappa shape index (κ2) is 10.1. The van der Waals surface area contributed by atoms with Crippen LogP contribution >= 0.6 is 0 Å². The average molecular weight is 321 g/mol. The van der Waals surface area contributed by atoms with E-state index in [1.807, 2.05) is 0 Å². The van der Waals surface area contributed by atoms with Crippen LogP contribution < -0.4 is 5.73 Å². The van der Waals surface area contributed by atoms with Crippen LogP contribution in [0, 0.1) is 0 Å². The van der Waals surface area contributed by atoms with Crippen molar-refractivity contribution >= 4 is 5.97 Å². The Morgan fingerprint density at radius 2 is 1.86 bits per heavy atom. The Hall–Kier alpha value is -0.770. The highest BCUT2D eigenvalue weighted by molar-refractivity contribution is 5.65. The molecule has 0 radical (unpaired) electrons. The number of nitrogens with two attached hydrogens (primary N) is 1. The number of carbonyl (C=O) groups excluding carboxylic acids is 1. The summed E-state index contributed by atoms with van der Waals surface area (Å²) in [4.78, 5) is 10.8. The summed E-state index contributed by atoms with van der Waals surface area (Å²) in [6.45, 7) is 1.65. The minimum absolute atomic E-state index is 0.170. The van der Waals surface area contributed by atoms with Gasteiger partial charge in [-0.25, -0.2) is 0 Å². The Morgan fingerprint density at radius 1 is 1.18 bits per heavy atom. The molecule has 0 amide bonds. The molecule has 0 aliphatic carbocycles. The van der Waals surface area contributed by atoms with E-state index < -0.39 is 36.6 Å². The van der Waals surface area contributed by atoms with Crippen molar-refractivity contribution in [3.63, 3.8) is 0 Å². The molecular formula is C14H27NO7. The highest BCUT2D eigenvalue weighted by Crippen LogP contribution is 2.21. The molecule has 5 atom stereocenters. The fraction of sp³-hybridized carbons (Fsp3) is 0.929. The molecule has 0 bridgehead atoms. The lowest BCUT2D eigenvalue weighted by Gasteiger charge is -2.40. The van der Waals surface area contributed by atoms with Gasteiger partial charge >= 0.3 is 5.97 Å². The van der Waals surface area contributed by atoms with Crippen LogP contribution in [0.2, 0.25) is 0 Å². The van der Waals surface area contributed by atoms with Crippen molar-refractivity contribution in [2.24, 2.45) is 5.73 Å². The Balaban J connectivity index is 2.38. The van der Waals surface area contributed by atoms with Crippen molar-refractivity contribution in [2.45, 2.75) is 63.3 Å². The monoisotopic (exact) mass is 321 g/mol. The predicted octanol–water partition coefficient (Wildman–Crippen LogP) is -1.11. The summed E-state index contributed by atoms with van der Waals surface area (Å²) in [6.07, 6.45) is -0.838. The predicted molar refractivity (Wildman–Crippen MR) is 76.8 cm³/mol. The van der Waals surface area contributed by atoms with Crippen LogP contribution in [0.4, 0.5) is 0 Å². The lowest BCUT2D eigenvalue weighted by molar-refractivity contribution is -0.267. The van der Waals surface area contributed by atoms with E-state index >= 15 is 0 Å². The van der Waals surface area contributed by atoms with Gasteiger partial charge in [-0.3, -0.25) is 4.79 Å². The van der Waals surface area contributed by atoms with E-state index in [-0.39, 0.29) is 13.2 Å². The third kappa shape index (κ3) is 6.15. The van der Waals surface area contributed by atoms with Gasteiger partial charge in [0.15, 0.2) is 6.29 Å². The zero-order chi connectivity index (χ0) is 16.5. The molecule has 0 spiro atoms. The minimum atomic E-state index is -1.24. The minimum Gasteiger partial charge on any atom is -0.463 e. The SMILES string of the molecule is CC(=O)OCC1O[C@@H](OCCCCCCO)C(N)[C@@H](O)[C@H]1O. The molecule has 0 aromatic rings. The zero-order valence-corrected chi connectivity index (χ0v) is 12.9. The number of aliphatic hydroxyl groups is 3. The van der Waals surface area contributed by atoms with Crippen LogP contribution in [0.25, 0.3) is 0 Å². The zero-order valence-electron chi connectivity index (χ0n) is 12.9. The lowest BCUT2D eigenvalue weighted by atomic mass is 9.98. The molecule has 2 unspecified atom stereocenters. The first kappa shape index (κ1) is 19.3. The van der Waals surface area contributed by atoms with Gasteiger partial charge < -0.3 is 35.3 Å². The number of carbonyl (C=O) groups is 1. The summed E-state index contributed by atoms with van der Waals surface area (Å²) in [7, 11) is 0. The standard InChI is InChI=1S/C14H27NO7/c1-9(17)21-8-10-12(18)13(19)11(15)14(22-10)20-7-5-3-2-4-6-16/h10-14,16,18-19H,2-8,15H2,1H3/t10?,11?,12-,13+,14+/m0/s1. The average Bonchev–Trinajstić information content (AvgIpc) is 2.49. The first-order valence-corrected chi connectivity index (χ1v) is 7.60. The number of aliphatic hydroxyl groups excluding tert-OH is 3. The summed E-state index contributed by atoms with van der Waals surface area (Å²) >= 11 is 0. The number of rotatable bonds is 9. The maximum absolute atomic E-state index is 10.8. The van der Waals surface area contributed by atoms with E-state index in [0.717, 1.165) is 25.7 Å². The quantitative estimate of drug-likeness (QED) is 0.311. The molecule has 130 valence electrons. The van der Waals surface area contributed by atoms with Gasteiger partial charge in [0.25, 0.3) is 0 Å². The number of unbranched alkanes of at least 4 members (excludes halogenated alkanes) is 3. The van der Waals surface area contributed by atoms with E-state index in [0.29, 0.717) is 6.61 Å². The van der Waals surface area contributed by atoms with Crippen molar-refractivity contribution < 1.29 is 34.3 Å². The molecular weight excluding hydrogens is 294 g/mol. The molecule has 0 aromatic carbocycles. The second-order valence-corrected chi connectivity index (χ2v) is 5.41. The van der Waals surface area contributed by atoms with Gasteiger partial charge in [0.05, 0.1) is 6.04 Å². The van der Waals surface area contributed by atoms with Crippen LogP contribution in [-0.2, 0) is 19.0 Å². The molecule has 0 saturated carbocycles. The number of hydrogen-bond donors (Lipinski definition) is 4. The largest absolute Gasteiger partial charge is 0.463 e. The third-order valence-electron chi connectivity index (χ3n) is 3.53. The van der Waals surface area contributed by atoms with Crippen LogP contribution in [-0.4, -0.2) is 71.8 Å². The van der Waals surface area contributed by atoms with E-state index in [1.54, 1.807) is 0 Å². The summed E-state index contributed by atoms with van der Waals surface area (Å²) in [5.74, 6) is -0.499. The van der Waals surface area contributed by atoms with Gasteiger partial charge in [0, 0.05) is 20.1 Å². The summed E-state index contributed by atoms with van der Waals surface area (Å²) in [5, 5.41) is 28.5. The molecule has 1 heterocycles. The molecule has 1 aliphatic rings. The molecule has 5 N–H and O–H groups in total. The number of ether oxygens (including phenoxy) is 3. The maximum atomic E-state index is 10.8. The van der Waals surface area contributed by atoms with Crippen LogP contribution in [0.3, 0.4) is 0 Å². The second-order valence-electron chi connectivity index (χ2n) is 5.41. The Labute approximate surface area is 130 Å². The molecule has 1 saturated heterocycles. The van der Waals surface area contributed by atoms with Gasteiger partial charge in [-0.15, -0.1) is 0 Å². The highest BCUT2D eigenvalue weighted by Gasteiger charge is 2.43. The molecule has 1 fully saturated rings. The van der Waals surface area contributed by atoms with Crippen molar-refractivity contribution in [3.05, 3.63) is 0 Å². The maximum Gasteiger partial charge on any atom is 0.302 e. The van der Waals surface area contributed by atoms with E-state index in [4.69, 9.17) is 25.1 Å². The first-order chi connectivity index (χ1) is 10.5. The van der Waals surface area contributed by atoms with Gasteiger partial charge in [-0.2, -0.15) is 0 Å². The van der Waals surface area contributed by atoms with Crippen molar-refractivity contribution in [3.8, 4) is 0 Å². The fourth-order valence-electron chi connectivity index (χ4n) is 2.21. The first-order valence-electron chi connectivity index (χ1n) is 7.60. The molecule has 8 nitrogen and oxygen atoms in total. The van der Waals surface area contributed by atoms with Crippen molar-refractivity contribution in [1.82, 2.24) is 0 Å². The Bertz CT molecular complexity index is 328. The van der Waals surface area contributed by atoms with Gasteiger partial charge in [0.1, 0.15) is 24.9 Å². The third-order valence-corrected chi connectivity index (χ3v) is 3.53. The van der Waals surface area contributed by atoms with Crippen LogP contribution in [0.5, 0.6) is 0 Å². The van der Waals surface area contributed by atoms with Gasteiger partial charge in [0.2, 0.25) is 0 Å². The van der Waals surface area contributed by atoms with Crippen LogP contribution in [0.1, 0.15) is 32.6 Å². The summed E-state index contributed by atoms with van der Waals surface area (Å²) in [6, 6.07) is -0.874. The molecule has 0 aromatic heterocycles. The molecule has 22 heavy (non-hydrogen) atoms. The molecule has 8 heteroatoms. The van der Waals surface area contributed by atoms with Crippen molar-refractivity contribution in [1.29, 1.82) is 0 Å². The van der Waals surface area contributed by atoms with E-state index in [1.165, 1.54) is 6.92 Å². The number of hydrogen-bond acceptors (Lipinski definition) is 8. The fourth-order valence-corrected chi connectivity index (χ4v) is 2.21. The highest BCUT2D eigenvalue weighted by atomic mass is 16.7. The Kier molecular flexibility index (Phi) is 8.84. The smallest absolute Gasteiger partial charge is 0.302 e. The van der Waals surface area contributed by atoms with E-state index in [9.17, 15) is 15.0 Å².